The number of aliphatic hydroxyl groups is 1. The molecular weight excluding hydrogens is 218 g/mol. The molecular formula is C13H15NO3. The number of Topliss-reactive ketones (excluding diaryl/α,β-unsaturated/α-hetero) is 1. The van der Waals surface area contributed by atoms with Gasteiger partial charge < -0.3 is 10.0 Å². The number of benzene rings is 1. The van der Waals surface area contributed by atoms with E-state index < -0.39 is 11.7 Å². The monoisotopic (exact) mass is 233 g/mol. The number of hydrogen-bond acceptors (Lipinski definition) is 3. The molecule has 0 atom stereocenters. The van der Waals surface area contributed by atoms with E-state index in [2.05, 4.69) is 0 Å². The minimum absolute atomic E-state index is 0.0120. The first kappa shape index (κ1) is 11.8. The first-order valence-electron chi connectivity index (χ1n) is 5.64. The molecule has 0 unspecified atom stereocenters. The molecule has 90 valence electrons. The zero-order chi connectivity index (χ0) is 12.6. The van der Waals surface area contributed by atoms with Gasteiger partial charge in [-0.1, -0.05) is 6.07 Å². The van der Waals surface area contributed by atoms with Crippen molar-refractivity contribution in [1.29, 1.82) is 0 Å². The van der Waals surface area contributed by atoms with E-state index in [0.29, 0.717) is 24.2 Å². The molecule has 1 aromatic carbocycles. The number of anilines is 1. The molecule has 1 N–H and O–H groups in total. The van der Waals surface area contributed by atoms with Crippen molar-refractivity contribution in [2.45, 2.75) is 20.3 Å². The molecule has 2 rings (SSSR count). The summed E-state index contributed by atoms with van der Waals surface area (Å²) in [7, 11) is 0. The zero-order valence-electron chi connectivity index (χ0n) is 9.99. The van der Waals surface area contributed by atoms with Gasteiger partial charge in [0.1, 0.15) is 0 Å². The summed E-state index contributed by atoms with van der Waals surface area (Å²) in [6, 6.07) is 3.75. The minimum atomic E-state index is -0.484. The molecule has 0 saturated heterocycles. The van der Waals surface area contributed by atoms with Gasteiger partial charge in [0, 0.05) is 13.2 Å². The van der Waals surface area contributed by atoms with E-state index in [4.69, 9.17) is 5.11 Å². The van der Waals surface area contributed by atoms with Gasteiger partial charge in [-0.15, -0.1) is 0 Å². The summed E-state index contributed by atoms with van der Waals surface area (Å²) < 4.78 is 0. The van der Waals surface area contributed by atoms with E-state index in [1.165, 1.54) is 4.90 Å². The van der Waals surface area contributed by atoms with Crippen molar-refractivity contribution in [2.24, 2.45) is 0 Å². The Morgan fingerprint density at radius 2 is 1.94 bits per heavy atom. The smallest absolute Gasteiger partial charge is 0.299 e. The van der Waals surface area contributed by atoms with Crippen LogP contribution in [0.25, 0.3) is 0 Å². The summed E-state index contributed by atoms with van der Waals surface area (Å²) in [4.78, 5) is 25.1. The van der Waals surface area contributed by atoms with Crippen LogP contribution in [0, 0.1) is 13.8 Å². The fourth-order valence-corrected chi connectivity index (χ4v) is 2.24. The quantitative estimate of drug-likeness (QED) is 0.798. The largest absolute Gasteiger partial charge is 0.396 e. The van der Waals surface area contributed by atoms with Crippen LogP contribution >= 0.6 is 0 Å². The lowest BCUT2D eigenvalue weighted by Crippen LogP contribution is -2.31. The second-order valence-corrected chi connectivity index (χ2v) is 4.34. The van der Waals surface area contributed by atoms with Crippen molar-refractivity contribution in [3.63, 3.8) is 0 Å². The Labute approximate surface area is 99.9 Å². The standard InChI is InChI=1S/C13H15NO3/c1-8-6-9(2)11-10(7-8)14(4-3-5-15)13(17)12(11)16/h6-7,15H,3-5H2,1-2H3. The first-order valence-corrected chi connectivity index (χ1v) is 5.64. The van der Waals surface area contributed by atoms with Gasteiger partial charge in [0.15, 0.2) is 0 Å². The molecule has 4 nitrogen and oxygen atoms in total. The van der Waals surface area contributed by atoms with E-state index >= 15 is 0 Å². The third kappa shape index (κ3) is 1.85. The maximum Gasteiger partial charge on any atom is 0.299 e. The molecule has 1 aliphatic heterocycles. The number of fused-ring (bicyclic) bond motifs is 1. The summed E-state index contributed by atoms with van der Waals surface area (Å²) in [6.45, 7) is 4.17. The Balaban J connectivity index is 2.48. The van der Waals surface area contributed by atoms with Crippen molar-refractivity contribution in [3.8, 4) is 0 Å². The number of aliphatic hydroxyl groups excluding tert-OH is 1. The average Bonchev–Trinajstić information content (AvgIpc) is 2.49. The highest BCUT2D eigenvalue weighted by molar-refractivity contribution is 6.52. The SMILES string of the molecule is Cc1cc(C)c2c(c1)N(CCCO)C(=O)C2=O. The van der Waals surface area contributed by atoms with Crippen LogP contribution in [0.2, 0.25) is 0 Å². The van der Waals surface area contributed by atoms with E-state index in [-0.39, 0.29) is 6.61 Å². The average molecular weight is 233 g/mol. The fourth-order valence-electron chi connectivity index (χ4n) is 2.24. The number of ketones is 1. The van der Waals surface area contributed by atoms with Crippen LogP contribution < -0.4 is 4.90 Å². The van der Waals surface area contributed by atoms with Crippen molar-refractivity contribution in [1.82, 2.24) is 0 Å². The Bertz CT molecular complexity index is 494. The minimum Gasteiger partial charge on any atom is -0.396 e. The summed E-state index contributed by atoms with van der Waals surface area (Å²) >= 11 is 0. The molecule has 0 aliphatic carbocycles. The molecule has 17 heavy (non-hydrogen) atoms. The van der Waals surface area contributed by atoms with Crippen molar-refractivity contribution in [3.05, 3.63) is 28.8 Å². The maximum absolute atomic E-state index is 11.8. The van der Waals surface area contributed by atoms with E-state index in [9.17, 15) is 9.59 Å². The van der Waals surface area contributed by atoms with E-state index in [0.717, 1.165) is 11.1 Å². The normalized spacial score (nSPS) is 14.4. The third-order valence-corrected chi connectivity index (χ3v) is 2.96. The molecule has 0 fully saturated rings. The second kappa shape index (κ2) is 4.30. The number of aryl methyl sites for hydroxylation is 2. The lowest BCUT2D eigenvalue weighted by atomic mass is 10.0. The molecule has 0 saturated carbocycles. The maximum atomic E-state index is 11.8. The molecule has 0 aromatic heterocycles. The van der Waals surface area contributed by atoms with Crippen LogP contribution in [0.5, 0.6) is 0 Å². The summed E-state index contributed by atoms with van der Waals surface area (Å²) in [5.41, 5.74) is 3.06. The summed E-state index contributed by atoms with van der Waals surface area (Å²) in [5, 5.41) is 8.81. The summed E-state index contributed by atoms with van der Waals surface area (Å²) in [6.07, 6.45) is 0.478. The highest BCUT2D eigenvalue weighted by atomic mass is 16.3. The number of hydrogen-bond donors (Lipinski definition) is 1. The molecule has 4 heteroatoms. The van der Waals surface area contributed by atoms with Crippen LogP contribution in [-0.4, -0.2) is 29.9 Å². The van der Waals surface area contributed by atoms with E-state index in [1.54, 1.807) is 0 Å². The fraction of sp³-hybridized carbons (Fsp3) is 0.385. The molecule has 0 bridgehead atoms. The van der Waals surface area contributed by atoms with Gasteiger partial charge in [0.2, 0.25) is 0 Å². The lowest BCUT2D eigenvalue weighted by Gasteiger charge is -2.16. The Kier molecular flexibility index (Phi) is 2.98. The summed E-state index contributed by atoms with van der Waals surface area (Å²) in [5.74, 6) is -0.919. The number of nitrogens with zero attached hydrogens (tertiary/aromatic N) is 1. The van der Waals surface area contributed by atoms with Gasteiger partial charge in [-0.3, -0.25) is 9.59 Å². The van der Waals surface area contributed by atoms with Gasteiger partial charge in [-0.2, -0.15) is 0 Å². The van der Waals surface area contributed by atoms with Gasteiger partial charge >= 0.3 is 0 Å². The van der Waals surface area contributed by atoms with Crippen LogP contribution in [0.4, 0.5) is 5.69 Å². The first-order chi connectivity index (χ1) is 8.06. The molecule has 1 amide bonds. The highest BCUT2D eigenvalue weighted by Crippen LogP contribution is 2.32. The highest BCUT2D eigenvalue weighted by Gasteiger charge is 2.36. The molecule has 0 spiro atoms. The predicted molar refractivity (Wildman–Crippen MR) is 64.3 cm³/mol. The van der Waals surface area contributed by atoms with Crippen LogP contribution in [-0.2, 0) is 4.79 Å². The van der Waals surface area contributed by atoms with Crippen molar-refractivity contribution < 1.29 is 14.7 Å². The van der Waals surface area contributed by atoms with Gasteiger partial charge in [0.25, 0.3) is 11.7 Å². The Hall–Kier alpha value is -1.68. The molecule has 1 heterocycles. The van der Waals surface area contributed by atoms with Gasteiger partial charge in [-0.25, -0.2) is 0 Å². The van der Waals surface area contributed by atoms with Crippen LogP contribution in [0.3, 0.4) is 0 Å². The number of amides is 1. The molecule has 1 aliphatic rings. The molecule has 0 radical (unpaired) electrons. The third-order valence-electron chi connectivity index (χ3n) is 2.96. The Morgan fingerprint density at radius 1 is 1.24 bits per heavy atom. The number of rotatable bonds is 3. The van der Waals surface area contributed by atoms with Gasteiger partial charge in [-0.05, 0) is 37.5 Å². The predicted octanol–water partition coefficient (Wildman–Crippen LogP) is 1.22. The Morgan fingerprint density at radius 3 is 2.59 bits per heavy atom. The number of carbonyl (C=O) groups excluding carboxylic acids is 2. The number of carbonyl (C=O) groups is 2. The van der Waals surface area contributed by atoms with Crippen molar-refractivity contribution >= 4 is 17.4 Å². The molecule has 1 aromatic rings. The topological polar surface area (TPSA) is 57.6 Å². The van der Waals surface area contributed by atoms with Crippen molar-refractivity contribution in [2.75, 3.05) is 18.1 Å². The van der Waals surface area contributed by atoms with Crippen LogP contribution in [0.1, 0.15) is 27.9 Å². The zero-order valence-corrected chi connectivity index (χ0v) is 9.99. The van der Waals surface area contributed by atoms with Gasteiger partial charge in [0.05, 0.1) is 11.3 Å². The lowest BCUT2D eigenvalue weighted by molar-refractivity contribution is -0.114. The van der Waals surface area contributed by atoms with E-state index in [1.807, 2.05) is 26.0 Å². The second-order valence-electron chi connectivity index (χ2n) is 4.34. The van der Waals surface area contributed by atoms with Crippen LogP contribution in [0.15, 0.2) is 12.1 Å².